The first-order valence-electron chi connectivity index (χ1n) is 10.2. The van der Waals surface area contributed by atoms with E-state index < -0.39 is 0 Å². The number of pyridine rings is 1. The third-order valence-corrected chi connectivity index (χ3v) is 5.74. The van der Waals surface area contributed by atoms with Gasteiger partial charge in [0.05, 0.1) is 29.4 Å². The molecule has 0 unspecified atom stereocenters. The van der Waals surface area contributed by atoms with Gasteiger partial charge < -0.3 is 19.9 Å². The van der Waals surface area contributed by atoms with Gasteiger partial charge in [-0.05, 0) is 69.1 Å². The number of methoxy groups -OCH3 is 1. The number of amides is 1. The Labute approximate surface area is 168 Å². The molecule has 1 saturated heterocycles. The van der Waals surface area contributed by atoms with Gasteiger partial charge in [-0.1, -0.05) is 5.16 Å². The van der Waals surface area contributed by atoms with Crippen LogP contribution in [0.2, 0.25) is 0 Å². The van der Waals surface area contributed by atoms with E-state index in [4.69, 9.17) is 9.26 Å². The van der Waals surface area contributed by atoms with Crippen LogP contribution in [0.3, 0.4) is 0 Å². The smallest absolute Gasteiger partial charge is 0.259 e. The molecule has 0 radical (unpaired) electrons. The summed E-state index contributed by atoms with van der Waals surface area (Å²) in [5, 5.41) is 11.6. The molecule has 29 heavy (non-hydrogen) atoms. The third kappa shape index (κ3) is 3.58. The van der Waals surface area contributed by atoms with Crippen molar-refractivity contribution in [2.75, 3.05) is 20.2 Å². The van der Waals surface area contributed by atoms with Crippen LogP contribution in [0.15, 0.2) is 34.9 Å². The van der Waals surface area contributed by atoms with Crippen LogP contribution in [0.1, 0.15) is 47.7 Å². The maximum absolute atomic E-state index is 13.1. The largest absolute Gasteiger partial charge is 0.497 e. The van der Waals surface area contributed by atoms with E-state index >= 15 is 0 Å². The molecule has 3 heterocycles. The topological polar surface area (TPSA) is 89.3 Å². The molecule has 0 spiro atoms. The van der Waals surface area contributed by atoms with Gasteiger partial charge in [0.25, 0.3) is 11.6 Å². The lowest BCUT2D eigenvalue weighted by atomic mass is 9.91. The minimum atomic E-state index is -0.0759. The second kappa shape index (κ2) is 7.48. The number of carbonyl (C=O) groups is 1. The van der Waals surface area contributed by atoms with Gasteiger partial charge in [-0.25, -0.2) is 4.98 Å². The summed E-state index contributed by atoms with van der Waals surface area (Å²) in [6, 6.07) is 9.76. The van der Waals surface area contributed by atoms with Crippen LogP contribution in [-0.2, 0) is 0 Å². The second-order valence-corrected chi connectivity index (χ2v) is 7.80. The number of nitrogens with one attached hydrogen (secondary N) is 2. The zero-order valence-electron chi connectivity index (χ0n) is 16.4. The van der Waals surface area contributed by atoms with E-state index in [0.29, 0.717) is 17.0 Å². The van der Waals surface area contributed by atoms with Gasteiger partial charge in [0, 0.05) is 17.5 Å². The minimum Gasteiger partial charge on any atom is -0.497 e. The number of hydrogen-bond donors (Lipinski definition) is 2. The first-order chi connectivity index (χ1) is 14.2. The van der Waals surface area contributed by atoms with E-state index in [0.717, 1.165) is 61.2 Å². The number of ether oxygens (including phenoxy) is 1. The fourth-order valence-electron chi connectivity index (χ4n) is 3.93. The van der Waals surface area contributed by atoms with Crippen LogP contribution in [0.4, 0.5) is 0 Å². The van der Waals surface area contributed by atoms with Crippen LogP contribution in [-0.4, -0.2) is 42.3 Å². The summed E-state index contributed by atoms with van der Waals surface area (Å²) in [5.41, 5.74) is 3.47. The fourth-order valence-corrected chi connectivity index (χ4v) is 3.93. The first-order valence-corrected chi connectivity index (χ1v) is 10.2. The zero-order chi connectivity index (χ0) is 19.8. The Hall–Kier alpha value is -2.93. The first kappa shape index (κ1) is 18.1. The molecule has 2 aliphatic rings. The van der Waals surface area contributed by atoms with Gasteiger partial charge in [-0.2, -0.15) is 0 Å². The average Bonchev–Trinajstić information content (AvgIpc) is 3.48. The van der Waals surface area contributed by atoms with E-state index in [1.807, 2.05) is 30.3 Å². The van der Waals surface area contributed by atoms with E-state index in [1.54, 1.807) is 7.11 Å². The van der Waals surface area contributed by atoms with Crippen LogP contribution in [0.5, 0.6) is 5.75 Å². The van der Waals surface area contributed by atoms with Gasteiger partial charge >= 0.3 is 0 Å². The highest BCUT2D eigenvalue weighted by Gasteiger charge is 2.29. The predicted molar refractivity (Wildman–Crippen MR) is 109 cm³/mol. The fraction of sp³-hybridized carbons (Fsp3) is 0.409. The Bertz CT molecular complexity index is 1030. The average molecular weight is 392 g/mol. The van der Waals surface area contributed by atoms with Gasteiger partial charge in [0.2, 0.25) is 0 Å². The van der Waals surface area contributed by atoms with Gasteiger partial charge in [0.1, 0.15) is 5.75 Å². The summed E-state index contributed by atoms with van der Waals surface area (Å²) in [7, 11) is 1.64. The summed E-state index contributed by atoms with van der Waals surface area (Å²) in [5.74, 6) is 0.973. The molecule has 1 aliphatic carbocycles. The predicted octanol–water partition coefficient (Wildman–Crippen LogP) is 3.26. The lowest BCUT2D eigenvalue weighted by molar-refractivity contribution is 0.0952. The molecule has 150 valence electrons. The van der Waals surface area contributed by atoms with Crippen molar-refractivity contribution in [2.24, 2.45) is 0 Å². The van der Waals surface area contributed by atoms with E-state index in [9.17, 15) is 4.79 Å². The van der Waals surface area contributed by atoms with Crippen LogP contribution in [0.25, 0.3) is 22.4 Å². The molecule has 7 nitrogen and oxygen atoms in total. The molecule has 1 aromatic carbocycles. The van der Waals surface area contributed by atoms with Crippen LogP contribution >= 0.6 is 0 Å². The molecule has 2 aromatic heterocycles. The number of fused-ring (bicyclic) bond motifs is 1. The van der Waals surface area contributed by atoms with E-state index in [-0.39, 0.29) is 17.9 Å². The Morgan fingerprint density at radius 1 is 1.17 bits per heavy atom. The maximum Gasteiger partial charge on any atom is 0.259 e. The molecular formula is C22H24N4O3. The Morgan fingerprint density at radius 3 is 2.62 bits per heavy atom. The molecule has 1 saturated carbocycles. The van der Waals surface area contributed by atoms with Crippen molar-refractivity contribution in [1.29, 1.82) is 0 Å². The van der Waals surface area contributed by atoms with Crippen LogP contribution < -0.4 is 15.4 Å². The van der Waals surface area contributed by atoms with Crippen LogP contribution in [0, 0.1) is 0 Å². The van der Waals surface area contributed by atoms with Crippen molar-refractivity contribution < 1.29 is 14.1 Å². The monoisotopic (exact) mass is 392 g/mol. The number of carbonyl (C=O) groups excluding carboxylic acids is 1. The summed E-state index contributed by atoms with van der Waals surface area (Å²) in [6.45, 7) is 1.89. The van der Waals surface area contributed by atoms with Crippen molar-refractivity contribution in [1.82, 2.24) is 20.8 Å². The highest BCUT2D eigenvalue weighted by atomic mass is 16.5. The Morgan fingerprint density at radius 2 is 1.93 bits per heavy atom. The number of aromatic nitrogens is 2. The standard InChI is InChI=1S/C22H24N4O3/c1-28-16-6-2-13(3-7-16)18-12-17(21(27)24-15-4-5-15)19-20(26-29-22(19)25-18)14-8-10-23-11-9-14/h2-3,6-7,12,14-15,23H,4-5,8-11H2,1H3,(H,24,27). The number of nitrogens with zero attached hydrogens (tertiary/aromatic N) is 2. The number of hydrogen-bond acceptors (Lipinski definition) is 6. The molecule has 2 N–H and O–H groups in total. The zero-order valence-corrected chi connectivity index (χ0v) is 16.4. The summed E-state index contributed by atoms with van der Waals surface area (Å²) in [6.07, 6.45) is 4.03. The summed E-state index contributed by atoms with van der Waals surface area (Å²) < 4.78 is 10.9. The molecule has 1 amide bonds. The van der Waals surface area contributed by atoms with Crippen molar-refractivity contribution in [2.45, 2.75) is 37.6 Å². The van der Waals surface area contributed by atoms with Crippen molar-refractivity contribution in [3.8, 4) is 17.0 Å². The quantitative estimate of drug-likeness (QED) is 0.693. The molecule has 3 aromatic rings. The molecule has 1 aliphatic heterocycles. The molecule has 7 heteroatoms. The van der Waals surface area contributed by atoms with Gasteiger partial charge in [-0.15, -0.1) is 0 Å². The van der Waals surface area contributed by atoms with Crippen molar-refractivity contribution in [3.05, 3.63) is 41.6 Å². The maximum atomic E-state index is 13.1. The third-order valence-electron chi connectivity index (χ3n) is 5.74. The van der Waals surface area contributed by atoms with Gasteiger partial charge in [-0.3, -0.25) is 4.79 Å². The molecule has 2 fully saturated rings. The second-order valence-electron chi connectivity index (χ2n) is 7.80. The van der Waals surface area contributed by atoms with E-state index in [2.05, 4.69) is 20.8 Å². The highest BCUT2D eigenvalue weighted by molar-refractivity contribution is 6.07. The lowest BCUT2D eigenvalue weighted by Crippen LogP contribution is -2.28. The molecule has 0 bridgehead atoms. The minimum absolute atomic E-state index is 0.0759. The van der Waals surface area contributed by atoms with Crippen molar-refractivity contribution >= 4 is 17.0 Å². The SMILES string of the molecule is COc1ccc(-c2cc(C(=O)NC3CC3)c3c(C4CCNCC4)noc3n2)cc1. The highest BCUT2D eigenvalue weighted by Crippen LogP contribution is 2.35. The van der Waals surface area contributed by atoms with Gasteiger partial charge in [0.15, 0.2) is 0 Å². The van der Waals surface area contributed by atoms with E-state index in [1.165, 1.54) is 0 Å². The number of piperidine rings is 1. The number of benzene rings is 1. The Balaban J connectivity index is 1.61. The lowest BCUT2D eigenvalue weighted by Gasteiger charge is -2.21. The normalized spacial score (nSPS) is 17.4. The molecular weight excluding hydrogens is 368 g/mol. The van der Waals surface area contributed by atoms with Crippen molar-refractivity contribution in [3.63, 3.8) is 0 Å². The summed E-state index contributed by atoms with van der Waals surface area (Å²) >= 11 is 0. The Kier molecular flexibility index (Phi) is 4.67. The molecule has 5 rings (SSSR count). The summed E-state index contributed by atoms with van der Waals surface area (Å²) in [4.78, 5) is 17.8. The number of rotatable bonds is 5. The molecule has 0 atom stereocenters.